The molecule has 0 bridgehead atoms. The van der Waals surface area contributed by atoms with Crippen LogP contribution in [-0.4, -0.2) is 52.0 Å². The zero-order chi connectivity index (χ0) is 20.9. The van der Waals surface area contributed by atoms with E-state index in [2.05, 4.69) is 51.4 Å². The van der Waals surface area contributed by atoms with Crippen molar-refractivity contribution >= 4 is 28.2 Å². The Labute approximate surface area is 181 Å². The summed E-state index contributed by atoms with van der Waals surface area (Å²) in [5.74, 6) is 2.38. The number of benzene rings is 2. The van der Waals surface area contributed by atoms with Gasteiger partial charge in [0.05, 0.1) is 17.8 Å². The van der Waals surface area contributed by atoms with Crippen molar-refractivity contribution in [2.24, 2.45) is 5.92 Å². The molecule has 2 aromatic carbocycles. The lowest BCUT2D eigenvalue weighted by atomic mass is 9.97. The molecule has 0 saturated carbocycles. The van der Waals surface area contributed by atoms with Crippen molar-refractivity contribution in [2.45, 2.75) is 25.9 Å². The van der Waals surface area contributed by atoms with Crippen LogP contribution in [0.2, 0.25) is 0 Å². The maximum absolute atomic E-state index is 11.4. The first-order valence-corrected chi connectivity index (χ1v) is 11.1. The molecule has 4 heterocycles. The number of imidazole rings is 1. The van der Waals surface area contributed by atoms with Crippen LogP contribution in [-0.2, 0) is 13.1 Å². The van der Waals surface area contributed by atoms with Crippen LogP contribution in [0.1, 0.15) is 23.2 Å². The van der Waals surface area contributed by atoms with Gasteiger partial charge in [-0.05, 0) is 63.2 Å². The number of likely N-dealkylation sites (tertiary alicyclic amines) is 1. The van der Waals surface area contributed by atoms with E-state index in [4.69, 9.17) is 9.72 Å². The molecule has 0 aliphatic carbocycles. The summed E-state index contributed by atoms with van der Waals surface area (Å²) in [7, 11) is 2.21. The number of aromatic nitrogens is 3. The lowest BCUT2D eigenvalue weighted by molar-refractivity contribution is 0.112. The normalized spacial score (nSPS) is 17.3. The number of carbonyl (C=O) groups is 1. The molecule has 0 unspecified atom stereocenters. The third-order valence-electron chi connectivity index (χ3n) is 6.86. The molecule has 1 fully saturated rings. The lowest BCUT2D eigenvalue weighted by Gasteiger charge is -2.30. The molecule has 2 aliphatic heterocycles. The monoisotopic (exact) mass is 414 g/mol. The standard InChI is InChI=1S/C25H26N4O2/c1-27-8-6-17(7-9-27)15-29-21-5-3-2-4-19(21)14-22(29)25-26-20-12-18(16-30)13-23-24(20)28(25)10-11-31-23/h2-5,12-14,16-17H,6-11,15H2,1H3. The summed E-state index contributed by atoms with van der Waals surface area (Å²) in [6, 6.07) is 14.6. The van der Waals surface area contributed by atoms with Crippen LogP contribution in [0.4, 0.5) is 0 Å². The maximum Gasteiger partial charge on any atom is 0.158 e. The number of aldehydes is 1. The van der Waals surface area contributed by atoms with Gasteiger partial charge in [-0.25, -0.2) is 4.98 Å². The molecule has 0 N–H and O–H groups in total. The van der Waals surface area contributed by atoms with Crippen LogP contribution >= 0.6 is 0 Å². The Kier molecular flexibility index (Phi) is 4.35. The Bertz CT molecular complexity index is 1290. The predicted octanol–water partition coefficient (Wildman–Crippen LogP) is 4.20. The second-order valence-corrected chi connectivity index (χ2v) is 8.89. The van der Waals surface area contributed by atoms with E-state index < -0.39 is 0 Å². The zero-order valence-corrected chi connectivity index (χ0v) is 17.8. The maximum atomic E-state index is 11.4. The smallest absolute Gasteiger partial charge is 0.158 e. The molecule has 0 radical (unpaired) electrons. The molecule has 2 aliphatic rings. The van der Waals surface area contributed by atoms with Crippen molar-refractivity contribution in [1.82, 2.24) is 19.0 Å². The highest BCUT2D eigenvalue weighted by molar-refractivity contribution is 5.93. The highest BCUT2D eigenvalue weighted by Crippen LogP contribution is 2.37. The number of fused-ring (bicyclic) bond motifs is 1. The molecular formula is C25H26N4O2. The topological polar surface area (TPSA) is 52.3 Å². The van der Waals surface area contributed by atoms with E-state index in [-0.39, 0.29) is 0 Å². The molecule has 1 saturated heterocycles. The van der Waals surface area contributed by atoms with E-state index in [1.54, 1.807) is 0 Å². The molecule has 158 valence electrons. The summed E-state index contributed by atoms with van der Waals surface area (Å²) in [5.41, 5.74) is 4.83. The summed E-state index contributed by atoms with van der Waals surface area (Å²) in [4.78, 5) is 18.9. The van der Waals surface area contributed by atoms with Crippen molar-refractivity contribution in [3.63, 3.8) is 0 Å². The van der Waals surface area contributed by atoms with E-state index in [0.29, 0.717) is 18.1 Å². The van der Waals surface area contributed by atoms with Gasteiger partial charge in [-0.1, -0.05) is 18.2 Å². The fraction of sp³-hybridized carbons (Fsp3) is 0.360. The molecule has 2 aromatic heterocycles. The van der Waals surface area contributed by atoms with Crippen LogP contribution < -0.4 is 4.74 Å². The first kappa shape index (κ1) is 18.6. The van der Waals surface area contributed by atoms with Crippen LogP contribution in [0, 0.1) is 5.92 Å². The van der Waals surface area contributed by atoms with Crippen molar-refractivity contribution in [3.8, 4) is 17.3 Å². The van der Waals surface area contributed by atoms with Gasteiger partial charge in [0.2, 0.25) is 0 Å². The molecule has 0 spiro atoms. The predicted molar refractivity (Wildman–Crippen MR) is 122 cm³/mol. The van der Waals surface area contributed by atoms with Crippen LogP contribution in [0.25, 0.3) is 33.5 Å². The average molecular weight is 415 g/mol. The number of hydrogen-bond acceptors (Lipinski definition) is 4. The summed E-state index contributed by atoms with van der Waals surface area (Å²) in [6.45, 7) is 4.67. The first-order chi connectivity index (χ1) is 15.2. The van der Waals surface area contributed by atoms with E-state index in [9.17, 15) is 4.79 Å². The second-order valence-electron chi connectivity index (χ2n) is 8.89. The van der Waals surface area contributed by atoms with Crippen LogP contribution in [0.15, 0.2) is 42.5 Å². The number of para-hydroxylation sites is 1. The van der Waals surface area contributed by atoms with Gasteiger partial charge in [-0.2, -0.15) is 0 Å². The Morgan fingerprint density at radius 1 is 1.13 bits per heavy atom. The van der Waals surface area contributed by atoms with Gasteiger partial charge in [0.25, 0.3) is 0 Å². The van der Waals surface area contributed by atoms with Gasteiger partial charge in [-0.3, -0.25) is 4.79 Å². The summed E-state index contributed by atoms with van der Waals surface area (Å²) in [5, 5.41) is 1.24. The molecular weight excluding hydrogens is 388 g/mol. The molecule has 0 amide bonds. The minimum Gasteiger partial charge on any atom is -0.489 e. The molecule has 6 heteroatoms. The lowest BCUT2D eigenvalue weighted by Crippen LogP contribution is -2.32. The third kappa shape index (κ3) is 3.05. The van der Waals surface area contributed by atoms with Gasteiger partial charge in [0, 0.05) is 23.0 Å². The Balaban J connectivity index is 1.53. The Morgan fingerprint density at radius 2 is 1.97 bits per heavy atom. The SMILES string of the molecule is CN1CCC(Cn2c(-c3nc4cc(C=O)cc5c4n3CCO5)cc3ccccc32)CC1. The van der Waals surface area contributed by atoms with E-state index in [1.807, 2.05) is 12.1 Å². The summed E-state index contributed by atoms with van der Waals surface area (Å²) >= 11 is 0. The van der Waals surface area contributed by atoms with Crippen LogP contribution in [0.5, 0.6) is 5.75 Å². The molecule has 0 atom stereocenters. The van der Waals surface area contributed by atoms with Gasteiger partial charge in [0.1, 0.15) is 24.2 Å². The number of piperidine rings is 1. The van der Waals surface area contributed by atoms with E-state index in [0.717, 1.165) is 60.8 Å². The quantitative estimate of drug-likeness (QED) is 0.470. The van der Waals surface area contributed by atoms with Crippen molar-refractivity contribution in [3.05, 3.63) is 48.0 Å². The fourth-order valence-electron chi connectivity index (χ4n) is 5.18. The minimum atomic E-state index is 0.586. The number of rotatable bonds is 4. The third-order valence-corrected chi connectivity index (χ3v) is 6.86. The van der Waals surface area contributed by atoms with Gasteiger partial charge < -0.3 is 18.8 Å². The number of nitrogens with zero attached hydrogens (tertiary/aromatic N) is 4. The highest BCUT2D eigenvalue weighted by atomic mass is 16.5. The van der Waals surface area contributed by atoms with Gasteiger partial charge in [-0.15, -0.1) is 0 Å². The fourth-order valence-corrected chi connectivity index (χ4v) is 5.18. The Hall–Kier alpha value is -3.12. The second kappa shape index (κ2) is 7.24. The van der Waals surface area contributed by atoms with Crippen molar-refractivity contribution < 1.29 is 9.53 Å². The summed E-state index contributed by atoms with van der Waals surface area (Å²) in [6.07, 6.45) is 3.31. The van der Waals surface area contributed by atoms with Gasteiger partial charge >= 0.3 is 0 Å². The first-order valence-electron chi connectivity index (χ1n) is 11.1. The molecule has 31 heavy (non-hydrogen) atoms. The number of hydrogen-bond donors (Lipinski definition) is 0. The molecule has 6 nitrogen and oxygen atoms in total. The Morgan fingerprint density at radius 3 is 2.81 bits per heavy atom. The van der Waals surface area contributed by atoms with Crippen molar-refractivity contribution in [2.75, 3.05) is 26.7 Å². The molecule has 6 rings (SSSR count). The number of carbonyl (C=O) groups excluding carboxylic acids is 1. The van der Waals surface area contributed by atoms with Crippen molar-refractivity contribution in [1.29, 1.82) is 0 Å². The van der Waals surface area contributed by atoms with Crippen LogP contribution in [0.3, 0.4) is 0 Å². The van der Waals surface area contributed by atoms with E-state index >= 15 is 0 Å². The summed E-state index contributed by atoms with van der Waals surface area (Å²) < 4.78 is 10.6. The highest BCUT2D eigenvalue weighted by Gasteiger charge is 2.25. The largest absolute Gasteiger partial charge is 0.489 e. The average Bonchev–Trinajstić information content (AvgIpc) is 3.35. The van der Waals surface area contributed by atoms with Gasteiger partial charge in [0.15, 0.2) is 5.82 Å². The number of ether oxygens (including phenoxy) is 1. The minimum absolute atomic E-state index is 0.586. The zero-order valence-electron chi connectivity index (χ0n) is 17.8. The van der Waals surface area contributed by atoms with E-state index in [1.165, 1.54) is 23.7 Å². The molecule has 4 aromatic rings.